The Balaban J connectivity index is 1.49. The Labute approximate surface area is 184 Å². The van der Waals surface area contributed by atoms with E-state index in [9.17, 15) is 18.0 Å². The molecule has 1 aliphatic heterocycles. The Bertz CT molecular complexity index is 938. The first-order chi connectivity index (χ1) is 14.7. The molecule has 0 radical (unpaired) electrons. The van der Waals surface area contributed by atoms with Gasteiger partial charge in [0, 0.05) is 19.5 Å². The van der Waals surface area contributed by atoms with Crippen LogP contribution >= 0.6 is 0 Å². The van der Waals surface area contributed by atoms with E-state index in [0.717, 1.165) is 24.2 Å². The van der Waals surface area contributed by atoms with Gasteiger partial charge in [-0.05, 0) is 42.9 Å². The SMILES string of the molecule is CC(C)COc1cccc(C2(NS(=O)(=O)CC/C=C/CN3CCC(=O)NC3=O)CC2)c1. The number of rotatable bonds is 11. The molecule has 0 bridgehead atoms. The van der Waals surface area contributed by atoms with E-state index in [4.69, 9.17) is 4.74 Å². The van der Waals surface area contributed by atoms with Crippen LogP contribution in [0.5, 0.6) is 5.75 Å². The number of nitrogens with zero attached hydrogens (tertiary/aromatic N) is 1. The molecule has 1 heterocycles. The summed E-state index contributed by atoms with van der Waals surface area (Å²) in [4.78, 5) is 24.3. The van der Waals surface area contributed by atoms with Gasteiger partial charge in [-0.15, -0.1) is 0 Å². The minimum atomic E-state index is -3.47. The third-order valence-electron chi connectivity index (χ3n) is 5.26. The Kier molecular flexibility index (Phi) is 7.38. The van der Waals surface area contributed by atoms with Gasteiger partial charge in [0.15, 0.2) is 0 Å². The van der Waals surface area contributed by atoms with Crippen LogP contribution in [0.1, 0.15) is 45.1 Å². The molecule has 0 atom stereocenters. The molecule has 2 N–H and O–H groups in total. The van der Waals surface area contributed by atoms with E-state index in [2.05, 4.69) is 23.9 Å². The van der Waals surface area contributed by atoms with Crippen LogP contribution in [-0.2, 0) is 20.4 Å². The van der Waals surface area contributed by atoms with Crippen molar-refractivity contribution in [2.45, 2.75) is 45.1 Å². The first-order valence-corrected chi connectivity index (χ1v) is 12.3. The lowest BCUT2D eigenvalue weighted by Crippen LogP contribution is -2.49. The van der Waals surface area contributed by atoms with E-state index in [0.29, 0.717) is 32.0 Å². The highest BCUT2D eigenvalue weighted by Crippen LogP contribution is 2.46. The van der Waals surface area contributed by atoms with E-state index >= 15 is 0 Å². The maximum Gasteiger partial charge on any atom is 0.324 e. The molecule has 0 unspecified atom stereocenters. The molecule has 1 aromatic rings. The highest BCUT2D eigenvalue weighted by molar-refractivity contribution is 7.89. The number of imide groups is 1. The fraction of sp³-hybridized carbons (Fsp3) is 0.545. The summed E-state index contributed by atoms with van der Waals surface area (Å²) in [5, 5.41) is 2.26. The minimum absolute atomic E-state index is 0.0283. The Morgan fingerprint density at radius 1 is 1.26 bits per heavy atom. The van der Waals surface area contributed by atoms with Crippen LogP contribution in [0, 0.1) is 5.92 Å². The number of benzene rings is 1. The van der Waals surface area contributed by atoms with Crippen LogP contribution < -0.4 is 14.8 Å². The molecule has 3 amide bonds. The van der Waals surface area contributed by atoms with Crippen molar-refractivity contribution in [2.75, 3.05) is 25.4 Å². The summed E-state index contributed by atoms with van der Waals surface area (Å²) < 4.78 is 33.9. The third kappa shape index (κ3) is 6.80. The zero-order valence-corrected chi connectivity index (χ0v) is 18.9. The molecule has 0 spiro atoms. The van der Waals surface area contributed by atoms with Crippen molar-refractivity contribution in [2.24, 2.45) is 5.92 Å². The van der Waals surface area contributed by atoms with Gasteiger partial charge in [0.05, 0.1) is 17.9 Å². The van der Waals surface area contributed by atoms with Gasteiger partial charge < -0.3 is 9.64 Å². The predicted octanol–water partition coefficient (Wildman–Crippen LogP) is 2.52. The van der Waals surface area contributed by atoms with Crippen molar-refractivity contribution >= 4 is 22.0 Å². The van der Waals surface area contributed by atoms with E-state index < -0.39 is 21.6 Å². The van der Waals surface area contributed by atoms with Gasteiger partial charge in [0.25, 0.3) is 0 Å². The lowest BCUT2D eigenvalue weighted by molar-refractivity contribution is -0.121. The summed E-state index contributed by atoms with van der Waals surface area (Å²) in [6.07, 6.45) is 5.66. The van der Waals surface area contributed by atoms with Crippen LogP contribution in [0.3, 0.4) is 0 Å². The Hall–Kier alpha value is -2.39. The fourth-order valence-electron chi connectivity index (χ4n) is 3.39. The number of urea groups is 1. The van der Waals surface area contributed by atoms with Gasteiger partial charge >= 0.3 is 6.03 Å². The van der Waals surface area contributed by atoms with Crippen LogP contribution in [0.4, 0.5) is 4.79 Å². The van der Waals surface area contributed by atoms with Gasteiger partial charge in [-0.3, -0.25) is 10.1 Å². The quantitative estimate of drug-likeness (QED) is 0.505. The van der Waals surface area contributed by atoms with E-state index in [1.165, 1.54) is 4.90 Å². The monoisotopic (exact) mass is 449 g/mol. The molecule has 8 nitrogen and oxygen atoms in total. The number of sulfonamides is 1. The first-order valence-electron chi connectivity index (χ1n) is 10.7. The van der Waals surface area contributed by atoms with Crippen molar-refractivity contribution in [1.29, 1.82) is 0 Å². The molecule has 0 aromatic heterocycles. The minimum Gasteiger partial charge on any atom is -0.493 e. The second kappa shape index (κ2) is 9.82. The van der Waals surface area contributed by atoms with Gasteiger partial charge in [-0.25, -0.2) is 17.9 Å². The molecule has 31 heavy (non-hydrogen) atoms. The van der Waals surface area contributed by atoms with Crippen LogP contribution in [-0.4, -0.2) is 50.7 Å². The second-order valence-electron chi connectivity index (χ2n) is 8.55. The van der Waals surface area contributed by atoms with Crippen molar-refractivity contribution in [3.05, 3.63) is 42.0 Å². The summed E-state index contributed by atoms with van der Waals surface area (Å²) in [5.74, 6) is 0.868. The van der Waals surface area contributed by atoms with E-state index in [-0.39, 0.29) is 18.1 Å². The number of amides is 3. The highest BCUT2D eigenvalue weighted by atomic mass is 32.2. The number of hydrogen-bond donors (Lipinski definition) is 2. The molecule has 1 saturated carbocycles. The molecule has 2 fully saturated rings. The molecule has 1 aliphatic carbocycles. The standard InChI is InChI=1S/C22H31N3O5S/c1-17(2)16-30-19-8-6-7-18(15-19)22(10-11-22)24-31(28,29)14-5-3-4-12-25-13-9-20(26)23-21(25)27/h3-4,6-8,15,17,24H,5,9-14,16H2,1-2H3,(H,23,26,27)/b4-3+. The molecular formula is C22H31N3O5S. The molecule has 9 heteroatoms. The summed E-state index contributed by atoms with van der Waals surface area (Å²) in [6.45, 7) is 5.50. The van der Waals surface area contributed by atoms with Gasteiger partial charge in [0.2, 0.25) is 15.9 Å². The summed E-state index contributed by atoms with van der Waals surface area (Å²) in [6, 6.07) is 7.23. The fourth-order valence-corrected chi connectivity index (χ4v) is 4.85. The number of allylic oxidation sites excluding steroid dienone is 1. The smallest absolute Gasteiger partial charge is 0.324 e. The van der Waals surface area contributed by atoms with E-state index in [1.807, 2.05) is 24.3 Å². The van der Waals surface area contributed by atoms with Crippen molar-refractivity contribution in [1.82, 2.24) is 14.9 Å². The average molecular weight is 450 g/mol. The number of nitrogens with one attached hydrogen (secondary N) is 2. The number of carbonyl (C=O) groups is 2. The molecule has 1 aromatic carbocycles. The normalized spacial score (nSPS) is 18.5. The topological polar surface area (TPSA) is 105 Å². The van der Waals surface area contributed by atoms with Crippen LogP contribution in [0.25, 0.3) is 0 Å². The first kappa shape index (κ1) is 23.3. The predicted molar refractivity (Wildman–Crippen MR) is 118 cm³/mol. The molecule has 2 aliphatic rings. The van der Waals surface area contributed by atoms with Gasteiger partial charge in [0.1, 0.15) is 5.75 Å². The third-order valence-corrected chi connectivity index (χ3v) is 6.73. The zero-order valence-electron chi connectivity index (χ0n) is 18.1. The average Bonchev–Trinajstić information content (AvgIpc) is 3.48. The maximum absolute atomic E-state index is 12.6. The molecule has 170 valence electrons. The number of hydrogen-bond acceptors (Lipinski definition) is 5. The lowest BCUT2D eigenvalue weighted by Gasteiger charge is -2.25. The van der Waals surface area contributed by atoms with Gasteiger partial charge in [-0.1, -0.05) is 38.1 Å². The summed E-state index contributed by atoms with van der Waals surface area (Å²) in [5.41, 5.74) is 0.386. The maximum atomic E-state index is 12.6. The van der Waals surface area contributed by atoms with Crippen molar-refractivity contribution in [3.8, 4) is 5.75 Å². The molecular weight excluding hydrogens is 418 g/mol. The Morgan fingerprint density at radius 3 is 2.71 bits per heavy atom. The summed E-state index contributed by atoms with van der Waals surface area (Å²) in [7, 11) is -3.47. The zero-order chi connectivity index (χ0) is 22.5. The largest absolute Gasteiger partial charge is 0.493 e. The van der Waals surface area contributed by atoms with Crippen molar-refractivity contribution in [3.63, 3.8) is 0 Å². The van der Waals surface area contributed by atoms with Crippen LogP contribution in [0.2, 0.25) is 0 Å². The lowest BCUT2D eigenvalue weighted by atomic mass is 10.1. The van der Waals surface area contributed by atoms with Crippen LogP contribution in [0.15, 0.2) is 36.4 Å². The Morgan fingerprint density at radius 2 is 2.03 bits per heavy atom. The highest BCUT2D eigenvalue weighted by Gasteiger charge is 2.47. The van der Waals surface area contributed by atoms with E-state index in [1.54, 1.807) is 12.2 Å². The van der Waals surface area contributed by atoms with Gasteiger partial charge in [-0.2, -0.15) is 0 Å². The number of ether oxygens (including phenoxy) is 1. The summed E-state index contributed by atoms with van der Waals surface area (Å²) >= 11 is 0. The molecule has 3 rings (SSSR count). The van der Waals surface area contributed by atoms with Crippen molar-refractivity contribution < 1.29 is 22.7 Å². The second-order valence-corrected chi connectivity index (χ2v) is 10.4. The number of carbonyl (C=O) groups excluding carboxylic acids is 2. The molecule has 1 saturated heterocycles.